The maximum absolute atomic E-state index is 12.5. The number of fused-ring (bicyclic) bond motifs is 1. The highest BCUT2D eigenvalue weighted by atomic mass is 32.1. The molecule has 0 aromatic carbocycles. The number of pyridine rings is 1. The van der Waals surface area contributed by atoms with Gasteiger partial charge in [0, 0.05) is 49.4 Å². The molecule has 0 bridgehead atoms. The molecule has 4 rings (SSSR count). The van der Waals surface area contributed by atoms with Crippen molar-refractivity contribution in [3.63, 3.8) is 0 Å². The van der Waals surface area contributed by atoms with E-state index in [1.54, 1.807) is 17.5 Å². The lowest BCUT2D eigenvalue weighted by Crippen LogP contribution is -2.36. The van der Waals surface area contributed by atoms with Crippen LogP contribution in [-0.2, 0) is 27.5 Å². The van der Waals surface area contributed by atoms with Gasteiger partial charge in [-0.2, -0.15) is 26.3 Å². The number of aryl methyl sites for hydroxylation is 1. The Morgan fingerprint density at radius 2 is 1.68 bits per heavy atom. The van der Waals surface area contributed by atoms with E-state index in [-0.39, 0.29) is 5.91 Å². The highest BCUT2D eigenvalue weighted by Gasteiger charge is 2.46. The van der Waals surface area contributed by atoms with Crippen LogP contribution in [0.25, 0.3) is 0 Å². The van der Waals surface area contributed by atoms with Crippen LogP contribution in [-0.4, -0.2) is 78.8 Å². The summed E-state index contributed by atoms with van der Waals surface area (Å²) in [7, 11) is 0. The number of nitrogens with zero attached hydrogens (tertiary/aromatic N) is 4. The van der Waals surface area contributed by atoms with Crippen molar-refractivity contribution >= 4 is 29.2 Å². The van der Waals surface area contributed by atoms with E-state index in [1.807, 2.05) is 24.1 Å². The predicted molar refractivity (Wildman–Crippen MR) is 116 cm³/mol. The summed E-state index contributed by atoms with van der Waals surface area (Å²) in [6.07, 6.45) is -4.76. The number of hydrogen-bond donors (Lipinski definition) is 2. The Balaban J connectivity index is 0.000000286. The third kappa shape index (κ3) is 8.96. The van der Waals surface area contributed by atoms with Crippen LogP contribution in [0.4, 0.5) is 26.3 Å². The lowest BCUT2D eigenvalue weighted by atomic mass is 10.1. The van der Waals surface area contributed by atoms with E-state index in [0.717, 1.165) is 30.2 Å². The second-order valence-corrected chi connectivity index (χ2v) is 9.01. The quantitative estimate of drug-likeness (QED) is 0.549. The molecule has 0 unspecified atom stereocenters. The number of aromatic nitrogens is 2. The summed E-state index contributed by atoms with van der Waals surface area (Å²) in [6.45, 7) is 4.59. The first kappa shape index (κ1) is 30.0. The Morgan fingerprint density at radius 3 is 2.14 bits per heavy atom. The Hall–Kier alpha value is -3.27. The molecule has 2 N–H and O–H groups in total. The molecule has 2 fully saturated rings. The number of amides is 1. The highest BCUT2D eigenvalue weighted by molar-refractivity contribution is 7.09. The minimum Gasteiger partial charge on any atom is -0.475 e. The van der Waals surface area contributed by atoms with Gasteiger partial charge in [0.25, 0.3) is 0 Å². The van der Waals surface area contributed by atoms with Gasteiger partial charge in [0.05, 0.1) is 17.2 Å². The second-order valence-electron chi connectivity index (χ2n) is 7.94. The van der Waals surface area contributed by atoms with E-state index in [4.69, 9.17) is 19.8 Å². The van der Waals surface area contributed by atoms with Crippen LogP contribution in [0, 0.1) is 6.92 Å². The van der Waals surface area contributed by atoms with Gasteiger partial charge in [-0.3, -0.25) is 14.7 Å². The first-order valence-electron chi connectivity index (χ1n) is 10.5. The molecular weight excluding hydrogens is 534 g/mol. The average Bonchev–Trinajstić information content (AvgIpc) is 3.46. The van der Waals surface area contributed by atoms with Gasteiger partial charge < -0.3 is 15.1 Å². The number of aliphatic carboxylic acids is 2. The fraction of sp³-hybridized carbons (Fsp3) is 0.476. The maximum atomic E-state index is 12.5. The number of carbonyl (C=O) groups is 3. The van der Waals surface area contributed by atoms with Crippen LogP contribution >= 0.6 is 11.3 Å². The van der Waals surface area contributed by atoms with Gasteiger partial charge in [0.15, 0.2) is 0 Å². The average molecular weight is 556 g/mol. The summed E-state index contributed by atoms with van der Waals surface area (Å²) in [6, 6.07) is 4.75. The van der Waals surface area contributed by atoms with Gasteiger partial charge >= 0.3 is 24.3 Å². The molecule has 4 heterocycles. The van der Waals surface area contributed by atoms with Crippen molar-refractivity contribution in [3.8, 4) is 0 Å². The Bertz CT molecular complexity index is 1060. The molecule has 2 aliphatic rings. The van der Waals surface area contributed by atoms with E-state index < -0.39 is 24.3 Å². The van der Waals surface area contributed by atoms with Gasteiger partial charge in [0.1, 0.15) is 0 Å². The molecule has 2 atom stereocenters. The molecule has 0 aliphatic carbocycles. The molecular formula is C21H22F6N4O5S. The Morgan fingerprint density at radius 1 is 1.08 bits per heavy atom. The van der Waals surface area contributed by atoms with Crippen molar-refractivity contribution in [2.24, 2.45) is 0 Å². The van der Waals surface area contributed by atoms with Crippen LogP contribution in [0.1, 0.15) is 29.1 Å². The first-order valence-corrected chi connectivity index (χ1v) is 11.4. The number of thiazole rings is 1. The fourth-order valence-corrected chi connectivity index (χ4v) is 4.40. The lowest BCUT2D eigenvalue weighted by Gasteiger charge is -2.25. The smallest absolute Gasteiger partial charge is 0.475 e. The molecule has 16 heteroatoms. The summed E-state index contributed by atoms with van der Waals surface area (Å²) in [5.74, 6) is -5.25. The van der Waals surface area contributed by atoms with E-state index >= 15 is 0 Å². The zero-order valence-electron chi connectivity index (χ0n) is 19.2. The molecule has 2 aromatic heterocycles. The number of likely N-dealkylation sites (tertiary alicyclic amines) is 2. The molecule has 0 radical (unpaired) electrons. The van der Waals surface area contributed by atoms with Gasteiger partial charge in [0.2, 0.25) is 5.91 Å². The van der Waals surface area contributed by atoms with Crippen LogP contribution in [0.15, 0.2) is 29.9 Å². The Labute approximate surface area is 210 Å². The largest absolute Gasteiger partial charge is 0.490 e. The molecule has 9 nitrogen and oxygen atoms in total. The van der Waals surface area contributed by atoms with Crippen LogP contribution in [0.5, 0.6) is 0 Å². The molecule has 0 spiro atoms. The molecule has 2 aliphatic heterocycles. The third-order valence-electron chi connectivity index (χ3n) is 5.32. The van der Waals surface area contributed by atoms with Crippen LogP contribution in [0.3, 0.4) is 0 Å². The topological polar surface area (TPSA) is 124 Å². The van der Waals surface area contributed by atoms with Gasteiger partial charge in [-0.25, -0.2) is 14.6 Å². The zero-order chi connectivity index (χ0) is 28.0. The van der Waals surface area contributed by atoms with Gasteiger partial charge in [-0.05, 0) is 25.0 Å². The van der Waals surface area contributed by atoms with Crippen molar-refractivity contribution in [2.45, 2.75) is 57.3 Å². The van der Waals surface area contributed by atoms with Gasteiger partial charge in [-0.15, -0.1) is 11.3 Å². The monoisotopic (exact) mass is 556 g/mol. The summed E-state index contributed by atoms with van der Waals surface area (Å²) in [4.78, 5) is 43.4. The Kier molecular flexibility index (Phi) is 9.97. The van der Waals surface area contributed by atoms with Gasteiger partial charge in [-0.1, -0.05) is 6.07 Å². The van der Waals surface area contributed by atoms with E-state index in [9.17, 15) is 31.1 Å². The molecule has 204 valence electrons. The molecule has 37 heavy (non-hydrogen) atoms. The summed E-state index contributed by atoms with van der Waals surface area (Å²) >= 11 is 1.65. The standard InChI is InChI=1S/C17H20N4OS.2C2HF3O2/c1-12-19-14(11-23-12)10-21-15-4-6-20(16(15)7-17(21)22)9-13-3-2-5-18-8-13;2*3-2(4,5)1(6)7/h2-3,5,8,11,15-16H,4,6-7,9-10H2,1H3;2*(H,6,7)/t15-,16+;;/m1../s1. The van der Waals surface area contributed by atoms with Crippen molar-refractivity contribution in [1.82, 2.24) is 19.8 Å². The second kappa shape index (κ2) is 12.3. The van der Waals surface area contributed by atoms with E-state index in [0.29, 0.717) is 25.0 Å². The summed E-state index contributed by atoms with van der Waals surface area (Å²) < 4.78 is 63.5. The molecule has 1 amide bonds. The van der Waals surface area contributed by atoms with Crippen molar-refractivity contribution in [1.29, 1.82) is 0 Å². The maximum Gasteiger partial charge on any atom is 0.490 e. The number of alkyl halides is 6. The number of hydrogen-bond acceptors (Lipinski definition) is 7. The number of carbonyl (C=O) groups excluding carboxylic acids is 1. The number of carboxylic acids is 2. The number of carboxylic acid groups (broad SMARTS) is 2. The summed E-state index contributed by atoms with van der Waals surface area (Å²) in [5.41, 5.74) is 2.24. The summed E-state index contributed by atoms with van der Waals surface area (Å²) in [5, 5.41) is 17.4. The predicted octanol–water partition coefficient (Wildman–Crippen LogP) is 3.49. The number of rotatable bonds is 4. The molecule has 0 saturated carbocycles. The zero-order valence-corrected chi connectivity index (χ0v) is 20.0. The van der Waals surface area contributed by atoms with Crippen molar-refractivity contribution in [2.75, 3.05) is 6.54 Å². The normalized spacial score (nSPS) is 19.4. The minimum absolute atomic E-state index is 0.265. The van der Waals surface area contributed by atoms with Crippen LogP contribution in [0.2, 0.25) is 0 Å². The van der Waals surface area contributed by atoms with Crippen molar-refractivity contribution < 1.29 is 50.9 Å². The first-order chi connectivity index (χ1) is 17.1. The third-order valence-corrected chi connectivity index (χ3v) is 6.14. The lowest BCUT2D eigenvalue weighted by molar-refractivity contribution is -0.193. The van der Waals surface area contributed by atoms with Crippen LogP contribution < -0.4 is 0 Å². The van der Waals surface area contributed by atoms with Crippen molar-refractivity contribution in [3.05, 3.63) is 46.2 Å². The van der Waals surface area contributed by atoms with E-state index in [2.05, 4.69) is 26.3 Å². The van der Waals surface area contributed by atoms with E-state index in [1.165, 1.54) is 5.56 Å². The SMILES string of the molecule is Cc1nc(CN2C(=O)C[C@H]3[C@H]2CCN3Cc2cccnc2)cs1.O=C(O)C(F)(F)F.O=C(O)C(F)(F)F. The highest BCUT2D eigenvalue weighted by Crippen LogP contribution is 2.34. The minimum atomic E-state index is -5.08. The molecule has 2 aromatic rings. The fourth-order valence-electron chi connectivity index (χ4n) is 3.79. The molecule has 2 saturated heterocycles. The number of halogens is 6.